The largest absolute Gasteiger partial charge is 0.392 e. The molecular weight excluding hydrogens is 204 g/mol. The molecule has 1 rings (SSSR count). The van der Waals surface area contributed by atoms with E-state index in [9.17, 15) is 5.11 Å². The zero-order chi connectivity index (χ0) is 12.0. The van der Waals surface area contributed by atoms with Crippen molar-refractivity contribution in [2.24, 2.45) is 0 Å². The summed E-state index contributed by atoms with van der Waals surface area (Å²) in [5.74, 6) is 2.37. The lowest BCUT2D eigenvalue weighted by Gasteiger charge is -2.11. The molecule has 1 aromatic heterocycles. The van der Waals surface area contributed by atoms with Crippen molar-refractivity contribution in [3.8, 4) is 0 Å². The number of aryl methyl sites for hydroxylation is 1. The maximum Gasteiger partial charge on any atom is 0.132 e. The molecule has 5 nitrogen and oxygen atoms in total. The van der Waals surface area contributed by atoms with Crippen LogP contribution in [0.4, 0.5) is 11.6 Å². The maximum atomic E-state index is 9.19. The number of aromatic nitrogens is 2. The second-order valence-corrected chi connectivity index (χ2v) is 3.67. The first-order chi connectivity index (χ1) is 7.65. The first kappa shape index (κ1) is 12.7. The van der Waals surface area contributed by atoms with Crippen molar-refractivity contribution < 1.29 is 5.11 Å². The molecule has 0 radical (unpaired) electrons. The molecule has 0 aliphatic rings. The number of hydrogen-bond donors (Lipinski definition) is 3. The van der Waals surface area contributed by atoms with Crippen LogP contribution in [0.2, 0.25) is 0 Å². The molecule has 0 fully saturated rings. The van der Waals surface area contributed by atoms with Crippen molar-refractivity contribution in [3.63, 3.8) is 0 Å². The van der Waals surface area contributed by atoms with E-state index >= 15 is 0 Å². The fourth-order valence-corrected chi connectivity index (χ4v) is 1.27. The molecule has 90 valence electrons. The van der Waals surface area contributed by atoms with Crippen LogP contribution >= 0.6 is 0 Å². The van der Waals surface area contributed by atoms with E-state index in [4.69, 9.17) is 0 Å². The van der Waals surface area contributed by atoms with E-state index in [1.165, 1.54) is 0 Å². The third kappa shape index (κ3) is 4.02. The molecule has 5 heteroatoms. The molecule has 0 spiro atoms. The molecule has 0 aromatic carbocycles. The highest BCUT2D eigenvalue weighted by Crippen LogP contribution is 2.11. The van der Waals surface area contributed by atoms with E-state index in [2.05, 4.69) is 20.6 Å². The first-order valence-electron chi connectivity index (χ1n) is 5.69. The van der Waals surface area contributed by atoms with Crippen molar-refractivity contribution in [2.75, 3.05) is 23.7 Å². The highest BCUT2D eigenvalue weighted by molar-refractivity contribution is 5.47. The van der Waals surface area contributed by atoms with Crippen molar-refractivity contribution in [2.45, 2.75) is 33.3 Å². The number of anilines is 2. The van der Waals surface area contributed by atoms with Crippen molar-refractivity contribution >= 4 is 11.6 Å². The summed E-state index contributed by atoms with van der Waals surface area (Å²) in [6.07, 6.45) is 0.408. The Morgan fingerprint density at radius 2 is 1.88 bits per heavy atom. The van der Waals surface area contributed by atoms with Gasteiger partial charge in [0.15, 0.2) is 0 Å². The van der Waals surface area contributed by atoms with E-state index in [-0.39, 0.29) is 6.10 Å². The van der Waals surface area contributed by atoms with Gasteiger partial charge in [-0.2, -0.15) is 0 Å². The minimum atomic E-state index is -0.386. The fourth-order valence-electron chi connectivity index (χ4n) is 1.27. The lowest BCUT2D eigenvalue weighted by atomic mass is 10.4. The van der Waals surface area contributed by atoms with Crippen LogP contribution < -0.4 is 10.6 Å². The third-order valence-electron chi connectivity index (χ3n) is 2.03. The SMILES string of the molecule is CCNc1cc(NCC(C)O)nc(CC)n1. The molecule has 1 unspecified atom stereocenters. The standard InChI is InChI=1S/C11H20N4O/c1-4-9-14-10(12-5-2)6-11(15-9)13-7-8(3)16/h6,8,16H,4-5,7H2,1-3H3,(H2,12,13,14,15). The molecule has 1 aromatic rings. The second kappa shape index (κ2) is 6.27. The van der Waals surface area contributed by atoms with Crippen LogP contribution in [0.1, 0.15) is 26.6 Å². The molecule has 1 atom stereocenters. The third-order valence-corrected chi connectivity index (χ3v) is 2.03. The zero-order valence-electron chi connectivity index (χ0n) is 10.1. The van der Waals surface area contributed by atoms with Crippen LogP contribution in [0.5, 0.6) is 0 Å². The van der Waals surface area contributed by atoms with Gasteiger partial charge < -0.3 is 15.7 Å². The van der Waals surface area contributed by atoms with E-state index in [1.807, 2.05) is 19.9 Å². The van der Waals surface area contributed by atoms with Crippen molar-refractivity contribution in [1.29, 1.82) is 0 Å². The summed E-state index contributed by atoms with van der Waals surface area (Å²) < 4.78 is 0. The Kier molecular flexibility index (Phi) is 4.98. The number of hydrogen-bond acceptors (Lipinski definition) is 5. The van der Waals surface area contributed by atoms with Gasteiger partial charge in [-0.1, -0.05) is 6.92 Å². The van der Waals surface area contributed by atoms with E-state index in [1.54, 1.807) is 6.92 Å². The summed E-state index contributed by atoms with van der Waals surface area (Å²) in [6, 6.07) is 1.85. The maximum absolute atomic E-state index is 9.19. The summed E-state index contributed by atoms with van der Waals surface area (Å²) in [5.41, 5.74) is 0. The summed E-state index contributed by atoms with van der Waals surface area (Å²) in [7, 11) is 0. The number of nitrogens with zero attached hydrogens (tertiary/aromatic N) is 2. The Balaban J connectivity index is 2.77. The lowest BCUT2D eigenvalue weighted by molar-refractivity contribution is 0.208. The summed E-state index contributed by atoms with van der Waals surface area (Å²) in [6.45, 7) is 7.10. The average molecular weight is 224 g/mol. The summed E-state index contributed by atoms with van der Waals surface area (Å²) in [4.78, 5) is 8.68. The zero-order valence-corrected chi connectivity index (χ0v) is 10.1. The van der Waals surface area contributed by atoms with Crippen molar-refractivity contribution in [1.82, 2.24) is 9.97 Å². The van der Waals surface area contributed by atoms with Gasteiger partial charge in [0.25, 0.3) is 0 Å². The summed E-state index contributed by atoms with van der Waals surface area (Å²) in [5, 5.41) is 15.4. The van der Waals surface area contributed by atoms with E-state index in [0.717, 1.165) is 30.4 Å². The van der Waals surface area contributed by atoms with Crippen LogP contribution in [-0.4, -0.2) is 34.3 Å². The molecule has 0 saturated heterocycles. The molecule has 16 heavy (non-hydrogen) atoms. The van der Waals surface area contributed by atoms with Gasteiger partial charge in [-0.05, 0) is 13.8 Å². The highest BCUT2D eigenvalue weighted by atomic mass is 16.3. The number of aliphatic hydroxyl groups excluding tert-OH is 1. The van der Waals surface area contributed by atoms with E-state index < -0.39 is 0 Å². The van der Waals surface area contributed by atoms with Gasteiger partial charge in [-0.15, -0.1) is 0 Å². The van der Waals surface area contributed by atoms with Crippen LogP contribution in [0, 0.1) is 0 Å². The van der Waals surface area contributed by atoms with Crippen LogP contribution in [0.15, 0.2) is 6.07 Å². The Hall–Kier alpha value is -1.36. The topological polar surface area (TPSA) is 70.1 Å². The predicted octanol–water partition coefficient (Wildman–Crippen LogP) is 1.26. The Labute approximate surface area is 96.3 Å². The monoisotopic (exact) mass is 224 g/mol. The van der Waals surface area contributed by atoms with Crippen LogP contribution in [-0.2, 0) is 6.42 Å². The minimum Gasteiger partial charge on any atom is -0.392 e. The Bertz CT molecular complexity index is 328. The first-order valence-corrected chi connectivity index (χ1v) is 5.69. The molecule has 0 aliphatic heterocycles. The van der Waals surface area contributed by atoms with Gasteiger partial charge in [0.1, 0.15) is 17.5 Å². The molecule has 0 saturated carbocycles. The van der Waals surface area contributed by atoms with Gasteiger partial charge in [-0.3, -0.25) is 0 Å². The van der Waals surface area contributed by atoms with Crippen LogP contribution in [0.25, 0.3) is 0 Å². The smallest absolute Gasteiger partial charge is 0.132 e. The molecule has 0 bridgehead atoms. The molecule has 1 heterocycles. The van der Waals surface area contributed by atoms with E-state index in [0.29, 0.717) is 6.54 Å². The molecular formula is C11H20N4O. The number of nitrogens with one attached hydrogen (secondary N) is 2. The molecule has 3 N–H and O–H groups in total. The Morgan fingerprint density at radius 3 is 2.38 bits per heavy atom. The average Bonchev–Trinajstić information content (AvgIpc) is 2.26. The predicted molar refractivity (Wildman–Crippen MR) is 65.7 cm³/mol. The normalized spacial score (nSPS) is 12.2. The van der Waals surface area contributed by atoms with Gasteiger partial charge in [-0.25, -0.2) is 9.97 Å². The lowest BCUT2D eigenvalue weighted by Crippen LogP contribution is -2.17. The fraction of sp³-hybridized carbons (Fsp3) is 0.636. The summed E-state index contributed by atoms with van der Waals surface area (Å²) >= 11 is 0. The second-order valence-electron chi connectivity index (χ2n) is 3.67. The molecule has 0 aliphatic carbocycles. The molecule has 0 amide bonds. The van der Waals surface area contributed by atoms with Gasteiger partial charge in [0.05, 0.1) is 6.10 Å². The van der Waals surface area contributed by atoms with Gasteiger partial charge in [0, 0.05) is 25.6 Å². The van der Waals surface area contributed by atoms with Crippen molar-refractivity contribution in [3.05, 3.63) is 11.9 Å². The van der Waals surface area contributed by atoms with Gasteiger partial charge in [0.2, 0.25) is 0 Å². The Morgan fingerprint density at radius 1 is 1.25 bits per heavy atom. The minimum absolute atomic E-state index is 0.386. The van der Waals surface area contributed by atoms with Gasteiger partial charge >= 0.3 is 0 Å². The quantitative estimate of drug-likeness (QED) is 0.678. The highest BCUT2D eigenvalue weighted by Gasteiger charge is 2.03. The van der Waals surface area contributed by atoms with Crippen LogP contribution in [0.3, 0.4) is 0 Å². The number of rotatable bonds is 6. The number of aliphatic hydroxyl groups is 1.